The van der Waals surface area contributed by atoms with Gasteiger partial charge in [-0.05, 0) is 93.3 Å². The molecule has 2 N–H and O–H groups in total. The van der Waals surface area contributed by atoms with Gasteiger partial charge in [0.1, 0.15) is 23.0 Å². The van der Waals surface area contributed by atoms with Crippen LogP contribution in [0.3, 0.4) is 0 Å². The zero-order valence-electron chi connectivity index (χ0n) is 21.7. The van der Waals surface area contributed by atoms with Gasteiger partial charge in [-0.25, -0.2) is 14.8 Å². The Labute approximate surface area is 217 Å². The van der Waals surface area contributed by atoms with Gasteiger partial charge in [-0.3, -0.25) is 4.79 Å². The first-order valence-corrected chi connectivity index (χ1v) is 12.3. The number of hydrogen-bond donors (Lipinski definition) is 2. The van der Waals surface area contributed by atoms with Crippen LogP contribution in [0.2, 0.25) is 0 Å². The Balaban J connectivity index is 1.38. The first-order valence-electron chi connectivity index (χ1n) is 12.3. The summed E-state index contributed by atoms with van der Waals surface area (Å²) in [6, 6.07) is 14.7. The maximum absolute atomic E-state index is 12.6. The van der Waals surface area contributed by atoms with Gasteiger partial charge >= 0.3 is 6.09 Å². The summed E-state index contributed by atoms with van der Waals surface area (Å²) in [7, 11) is 1.58. The van der Waals surface area contributed by atoms with E-state index in [2.05, 4.69) is 25.5 Å². The lowest BCUT2D eigenvalue weighted by Gasteiger charge is -2.33. The maximum Gasteiger partial charge on any atom is 0.407 e. The summed E-state index contributed by atoms with van der Waals surface area (Å²) in [6.07, 6.45) is 4.70. The van der Waals surface area contributed by atoms with Crippen molar-refractivity contribution < 1.29 is 19.1 Å². The van der Waals surface area contributed by atoms with Gasteiger partial charge in [0.25, 0.3) is 5.91 Å². The minimum absolute atomic E-state index is 0.0753. The van der Waals surface area contributed by atoms with E-state index in [0.29, 0.717) is 17.1 Å². The lowest BCUT2D eigenvalue weighted by molar-refractivity contribution is 0.0497. The number of ether oxygens (including phenoxy) is 2. The number of alkyl carbamates (subject to hydrolysis) is 1. The Morgan fingerprint density at radius 1 is 0.946 bits per heavy atom. The molecule has 0 aliphatic carbocycles. The highest BCUT2D eigenvalue weighted by Gasteiger charge is 2.24. The van der Waals surface area contributed by atoms with Crippen LogP contribution < -0.4 is 20.3 Å². The molecule has 0 bridgehead atoms. The number of methoxy groups -OCH3 is 1. The fourth-order valence-electron chi connectivity index (χ4n) is 4.11. The molecule has 2 aromatic heterocycles. The van der Waals surface area contributed by atoms with Crippen molar-refractivity contribution in [3.05, 3.63) is 66.5 Å². The van der Waals surface area contributed by atoms with Gasteiger partial charge in [0.15, 0.2) is 0 Å². The van der Waals surface area contributed by atoms with Gasteiger partial charge in [-0.1, -0.05) is 0 Å². The summed E-state index contributed by atoms with van der Waals surface area (Å²) in [5, 5.41) is 5.82. The van der Waals surface area contributed by atoms with Crippen LogP contribution in [0.5, 0.6) is 5.75 Å². The molecule has 2 amide bonds. The molecule has 9 heteroatoms. The number of nitrogens with zero attached hydrogens (tertiary/aromatic N) is 3. The van der Waals surface area contributed by atoms with Crippen molar-refractivity contribution in [1.29, 1.82) is 0 Å². The molecule has 0 unspecified atom stereocenters. The largest absolute Gasteiger partial charge is 0.497 e. The Bertz CT molecular complexity index is 1230. The van der Waals surface area contributed by atoms with E-state index < -0.39 is 5.60 Å². The second kappa shape index (κ2) is 11.3. The van der Waals surface area contributed by atoms with E-state index in [1.54, 1.807) is 43.8 Å². The predicted molar refractivity (Wildman–Crippen MR) is 143 cm³/mol. The van der Waals surface area contributed by atoms with Crippen molar-refractivity contribution in [1.82, 2.24) is 15.3 Å². The van der Waals surface area contributed by atoms with Crippen molar-refractivity contribution in [2.24, 2.45) is 0 Å². The molecule has 1 aromatic carbocycles. The van der Waals surface area contributed by atoms with E-state index in [1.807, 2.05) is 45.0 Å². The number of piperidine rings is 1. The van der Waals surface area contributed by atoms with Gasteiger partial charge in [0.05, 0.1) is 7.11 Å². The molecule has 3 heterocycles. The summed E-state index contributed by atoms with van der Waals surface area (Å²) < 4.78 is 10.5. The smallest absolute Gasteiger partial charge is 0.407 e. The van der Waals surface area contributed by atoms with Gasteiger partial charge in [-0.15, -0.1) is 0 Å². The van der Waals surface area contributed by atoms with E-state index in [9.17, 15) is 9.59 Å². The number of pyridine rings is 2. The summed E-state index contributed by atoms with van der Waals surface area (Å²) in [6.45, 7) is 7.12. The van der Waals surface area contributed by atoms with Gasteiger partial charge in [-0.2, -0.15) is 0 Å². The number of aromatic nitrogens is 2. The third-order valence-electron chi connectivity index (χ3n) is 5.97. The topological polar surface area (TPSA) is 106 Å². The third kappa shape index (κ3) is 7.19. The average Bonchev–Trinajstić information content (AvgIpc) is 2.88. The van der Waals surface area contributed by atoms with Crippen LogP contribution >= 0.6 is 0 Å². The molecule has 0 saturated carbocycles. The fourth-order valence-corrected chi connectivity index (χ4v) is 4.11. The minimum atomic E-state index is -0.513. The maximum atomic E-state index is 12.6. The Hall–Kier alpha value is -4.14. The Kier molecular flexibility index (Phi) is 7.91. The zero-order valence-corrected chi connectivity index (χ0v) is 21.7. The number of amides is 2. The molecule has 194 valence electrons. The van der Waals surface area contributed by atoms with Crippen molar-refractivity contribution in [3.63, 3.8) is 0 Å². The normalized spacial score (nSPS) is 14.1. The first-order chi connectivity index (χ1) is 17.7. The minimum Gasteiger partial charge on any atom is -0.497 e. The summed E-state index contributed by atoms with van der Waals surface area (Å²) in [5.41, 5.74) is 1.90. The van der Waals surface area contributed by atoms with Crippen LogP contribution in [0.1, 0.15) is 44.0 Å². The highest BCUT2D eigenvalue weighted by atomic mass is 16.6. The number of rotatable bonds is 6. The molecule has 1 saturated heterocycles. The molecule has 37 heavy (non-hydrogen) atoms. The van der Waals surface area contributed by atoms with E-state index in [4.69, 9.17) is 9.47 Å². The van der Waals surface area contributed by atoms with Crippen LogP contribution in [-0.2, 0) is 4.74 Å². The quantitative estimate of drug-likeness (QED) is 0.493. The zero-order chi connectivity index (χ0) is 26.4. The predicted octanol–water partition coefficient (Wildman–Crippen LogP) is 4.90. The molecule has 1 aliphatic rings. The van der Waals surface area contributed by atoms with E-state index in [1.165, 1.54) is 0 Å². The number of hydrogen-bond acceptors (Lipinski definition) is 7. The molecular formula is C28H33N5O4. The third-order valence-corrected chi connectivity index (χ3v) is 5.97. The van der Waals surface area contributed by atoms with Crippen LogP contribution in [0.15, 0.2) is 60.9 Å². The van der Waals surface area contributed by atoms with Crippen molar-refractivity contribution in [2.75, 3.05) is 30.4 Å². The standard InChI is InChI=1S/C28H33N5O4/c1-28(2,3)37-27(35)31-22-11-15-33(16-12-22)25-18-21(10-14-30-25)20-9-13-29-24(17-20)32-26(34)19-5-7-23(36-4)8-6-19/h5-10,13-14,17-18,22H,11-12,15-16H2,1-4H3,(H,31,35)(H,29,32,34). The van der Waals surface area contributed by atoms with E-state index >= 15 is 0 Å². The Morgan fingerprint density at radius 2 is 1.59 bits per heavy atom. The summed E-state index contributed by atoms with van der Waals surface area (Å²) >= 11 is 0. The molecule has 0 radical (unpaired) electrons. The van der Waals surface area contributed by atoms with Crippen molar-refractivity contribution >= 4 is 23.6 Å². The van der Waals surface area contributed by atoms with Crippen LogP contribution in [0.25, 0.3) is 11.1 Å². The van der Waals surface area contributed by atoms with Crippen LogP contribution in [0, 0.1) is 0 Å². The number of carbonyl (C=O) groups is 2. The van der Waals surface area contributed by atoms with Crippen LogP contribution in [0.4, 0.5) is 16.4 Å². The molecular weight excluding hydrogens is 470 g/mol. The number of carbonyl (C=O) groups excluding carboxylic acids is 2. The monoisotopic (exact) mass is 503 g/mol. The molecule has 4 rings (SSSR count). The average molecular weight is 504 g/mol. The number of benzene rings is 1. The molecule has 0 spiro atoms. The van der Waals surface area contributed by atoms with Gasteiger partial charge in [0.2, 0.25) is 0 Å². The molecule has 9 nitrogen and oxygen atoms in total. The molecule has 0 atom stereocenters. The van der Waals surface area contributed by atoms with E-state index in [-0.39, 0.29) is 18.0 Å². The highest BCUT2D eigenvalue weighted by molar-refractivity contribution is 6.04. The number of nitrogens with one attached hydrogen (secondary N) is 2. The second-order valence-corrected chi connectivity index (χ2v) is 9.92. The summed E-state index contributed by atoms with van der Waals surface area (Å²) in [5.74, 6) is 1.78. The fraction of sp³-hybridized carbons (Fsp3) is 0.357. The number of anilines is 2. The SMILES string of the molecule is COc1ccc(C(=O)Nc2cc(-c3ccnc(N4CCC(NC(=O)OC(C)(C)C)CC4)c3)ccn2)cc1. The molecule has 3 aromatic rings. The van der Waals surface area contributed by atoms with Crippen LogP contribution in [-0.4, -0.2) is 53.8 Å². The van der Waals surface area contributed by atoms with Gasteiger partial charge < -0.3 is 25.0 Å². The van der Waals surface area contributed by atoms with E-state index in [0.717, 1.165) is 42.9 Å². The Morgan fingerprint density at radius 3 is 2.24 bits per heavy atom. The van der Waals surface area contributed by atoms with Crippen molar-refractivity contribution in [2.45, 2.75) is 45.3 Å². The lowest BCUT2D eigenvalue weighted by atomic mass is 10.0. The van der Waals surface area contributed by atoms with Gasteiger partial charge in [0, 0.05) is 37.1 Å². The second-order valence-electron chi connectivity index (χ2n) is 9.92. The molecule has 1 fully saturated rings. The molecule has 1 aliphatic heterocycles. The first kappa shape index (κ1) is 25.9. The van der Waals surface area contributed by atoms with Crippen molar-refractivity contribution in [3.8, 4) is 16.9 Å². The highest BCUT2D eigenvalue weighted by Crippen LogP contribution is 2.26. The lowest BCUT2D eigenvalue weighted by Crippen LogP contribution is -2.46. The summed E-state index contributed by atoms with van der Waals surface area (Å²) in [4.78, 5) is 35.8.